The molecule has 0 amide bonds. The molecule has 0 fully saturated rings. The second kappa shape index (κ2) is 4.75. The third-order valence-corrected chi connectivity index (χ3v) is 2.48. The summed E-state index contributed by atoms with van der Waals surface area (Å²) in [5.41, 5.74) is 0.186. The Balaban J connectivity index is 3.31. The van der Waals surface area contributed by atoms with E-state index in [1.54, 1.807) is 0 Å². The lowest BCUT2D eigenvalue weighted by atomic mass is 10.1. The molecule has 0 atom stereocenters. The first-order chi connectivity index (χ1) is 6.61. The predicted molar refractivity (Wildman–Crippen MR) is 56.1 cm³/mol. The minimum absolute atomic E-state index is 0.0621. The third-order valence-electron chi connectivity index (χ3n) is 1.68. The molecule has 5 heteroatoms. The van der Waals surface area contributed by atoms with Crippen molar-refractivity contribution in [1.82, 2.24) is 0 Å². The van der Waals surface area contributed by atoms with Gasteiger partial charge in [-0.15, -0.1) is 0 Å². The van der Waals surface area contributed by atoms with E-state index in [-0.39, 0.29) is 27.4 Å². The summed E-state index contributed by atoms with van der Waals surface area (Å²) in [6.07, 6.45) is 0. The lowest BCUT2D eigenvalue weighted by molar-refractivity contribution is 0.102. The van der Waals surface area contributed by atoms with Gasteiger partial charge in [-0.25, -0.2) is 4.39 Å². The van der Waals surface area contributed by atoms with E-state index in [0.29, 0.717) is 0 Å². The molecule has 2 nitrogen and oxygen atoms in total. The molecule has 0 N–H and O–H groups in total. The summed E-state index contributed by atoms with van der Waals surface area (Å²) < 4.78 is 18.1. The minimum atomic E-state index is -0.707. The van der Waals surface area contributed by atoms with Crippen LogP contribution in [0, 0.1) is 5.82 Å². The van der Waals surface area contributed by atoms with E-state index >= 15 is 0 Å². The molecule has 14 heavy (non-hydrogen) atoms. The van der Waals surface area contributed by atoms with Gasteiger partial charge in [0.2, 0.25) is 0 Å². The number of hydrogen-bond donors (Lipinski definition) is 0. The van der Waals surface area contributed by atoms with Gasteiger partial charge in [0.05, 0.1) is 23.0 Å². The highest BCUT2D eigenvalue weighted by Gasteiger charge is 2.17. The molecule has 0 aromatic heterocycles. The largest absolute Gasteiger partial charge is 0.493 e. The Morgan fingerprint density at radius 3 is 2.79 bits per heavy atom. The van der Waals surface area contributed by atoms with Gasteiger partial charge in [0.25, 0.3) is 0 Å². The average Bonchev–Trinajstić information content (AvgIpc) is 2.20. The Labute approximate surface area is 94.1 Å². The van der Waals surface area contributed by atoms with Gasteiger partial charge in [-0.3, -0.25) is 4.79 Å². The van der Waals surface area contributed by atoms with Gasteiger partial charge in [0.15, 0.2) is 17.3 Å². The number of carbonyl (C=O) groups excluding carboxylic acids is 1. The van der Waals surface area contributed by atoms with Crippen molar-refractivity contribution in [3.05, 3.63) is 28.5 Å². The topological polar surface area (TPSA) is 26.3 Å². The number of benzene rings is 1. The van der Waals surface area contributed by atoms with Gasteiger partial charge in [0, 0.05) is 0 Å². The Morgan fingerprint density at radius 1 is 1.64 bits per heavy atom. The van der Waals surface area contributed by atoms with Crippen LogP contribution in [0.5, 0.6) is 5.75 Å². The number of hydrogen-bond acceptors (Lipinski definition) is 2. The number of alkyl halides is 1. The fourth-order valence-electron chi connectivity index (χ4n) is 1.02. The van der Waals surface area contributed by atoms with Crippen molar-refractivity contribution >= 4 is 33.3 Å². The van der Waals surface area contributed by atoms with Gasteiger partial charge in [-0.1, -0.05) is 27.5 Å². The maximum Gasteiger partial charge on any atom is 0.184 e. The molecule has 0 aliphatic rings. The summed E-state index contributed by atoms with van der Waals surface area (Å²) in [7, 11) is 1.29. The van der Waals surface area contributed by atoms with Crippen molar-refractivity contribution in [1.29, 1.82) is 0 Å². The molecule has 0 spiro atoms. The van der Waals surface area contributed by atoms with Crippen LogP contribution in [-0.4, -0.2) is 18.2 Å². The molecule has 0 saturated carbocycles. The molecule has 0 saturated heterocycles. The molecule has 1 rings (SSSR count). The maximum atomic E-state index is 13.3. The highest BCUT2D eigenvalue weighted by atomic mass is 79.9. The molecule has 1 aromatic rings. The van der Waals surface area contributed by atoms with Gasteiger partial charge in [-0.05, 0) is 12.1 Å². The van der Waals surface area contributed by atoms with Crippen LogP contribution in [0.2, 0.25) is 5.02 Å². The lowest BCUT2D eigenvalue weighted by Gasteiger charge is -2.08. The van der Waals surface area contributed by atoms with Crippen molar-refractivity contribution in [2.45, 2.75) is 0 Å². The number of ketones is 1. The van der Waals surface area contributed by atoms with Gasteiger partial charge in [0.1, 0.15) is 0 Å². The first-order valence-electron chi connectivity index (χ1n) is 3.73. The number of Topliss-reactive ketones (excluding diaryl/α,β-unsaturated/α-hetero) is 1. The van der Waals surface area contributed by atoms with E-state index in [4.69, 9.17) is 16.3 Å². The van der Waals surface area contributed by atoms with Crippen LogP contribution < -0.4 is 4.74 Å². The minimum Gasteiger partial charge on any atom is -0.493 e. The monoisotopic (exact) mass is 280 g/mol. The van der Waals surface area contributed by atoms with Crippen LogP contribution in [0.3, 0.4) is 0 Å². The van der Waals surface area contributed by atoms with E-state index in [2.05, 4.69) is 15.9 Å². The first kappa shape index (κ1) is 11.5. The van der Waals surface area contributed by atoms with Gasteiger partial charge < -0.3 is 4.74 Å². The van der Waals surface area contributed by atoms with Crippen LogP contribution in [0.1, 0.15) is 10.4 Å². The SMILES string of the molecule is COc1c(C(=O)CBr)ccc(Cl)c1F. The summed E-state index contributed by atoms with van der Waals surface area (Å²) in [4.78, 5) is 11.3. The van der Waals surface area contributed by atoms with Crippen molar-refractivity contribution in [2.24, 2.45) is 0 Å². The number of carbonyl (C=O) groups is 1. The van der Waals surface area contributed by atoms with E-state index < -0.39 is 5.82 Å². The van der Waals surface area contributed by atoms with Gasteiger partial charge in [-0.2, -0.15) is 0 Å². The Morgan fingerprint density at radius 2 is 2.29 bits per heavy atom. The van der Waals surface area contributed by atoms with Crippen LogP contribution in [0.15, 0.2) is 12.1 Å². The fraction of sp³-hybridized carbons (Fsp3) is 0.222. The van der Waals surface area contributed by atoms with Crippen molar-refractivity contribution in [3.8, 4) is 5.75 Å². The molecular weight excluding hydrogens is 274 g/mol. The van der Waals surface area contributed by atoms with Crippen molar-refractivity contribution in [2.75, 3.05) is 12.4 Å². The van der Waals surface area contributed by atoms with E-state index in [9.17, 15) is 9.18 Å². The standard InChI is InChI=1S/C9H7BrClFO2/c1-14-9-5(7(13)4-10)2-3-6(11)8(9)12/h2-3H,4H2,1H3. The van der Waals surface area contributed by atoms with E-state index in [1.165, 1.54) is 19.2 Å². The lowest BCUT2D eigenvalue weighted by Crippen LogP contribution is -2.04. The zero-order valence-electron chi connectivity index (χ0n) is 7.31. The molecule has 0 aliphatic heterocycles. The normalized spacial score (nSPS) is 10.0. The Bertz CT molecular complexity index is 368. The van der Waals surface area contributed by atoms with Crippen LogP contribution >= 0.6 is 27.5 Å². The summed E-state index contributed by atoms with van der Waals surface area (Å²) in [5.74, 6) is -1.07. The summed E-state index contributed by atoms with van der Waals surface area (Å²) in [6.45, 7) is 0. The van der Waals surface area contributed by atoms with E-state index in [1.807, 2.05) is 0 Å². The number of ether oxygens (including phenoxy) is 1. The Hall–Kier alpha value is -0.610. The summed E-state index contributed by atoms with van der Waals surface area (Å²) in [5, 5.41) is 0.0534. The molecule has 1 aromatic carbocycles. The second-order valence-electron chi connectivity index (χ2n) is 2.50. The average molecular weight is 282 g/mol. The summed E-state index contributed by atoms with van der Waals surface area (Å²) in [6, 6.07) is 2.77. The quantitative estimate of drug-likeness (QED) is 0.629. The number of methoxy groups -OCH3 is 1. The van der Waals surface area contributed by atoms with Crippen LogP contribution in [-0.2, 0) is 0 Å². The molecule has 0 aliphatic carbocycles. The highest BCUT2D eigenvalue weighted by molar-refractivity contribution is 9.09. The van der Waals surface area contributed by atoms with E-state index in [0.717, 1.165) is 0 Å². The number of rotatable bonds is 3. The zero-order valence-corrected chi connectivity index (χ0v) is 9.65. The third kappa shape index (κ3) is 2.07. The van der Waals surface area contributed by atoms with Crippen LogP contribution in [0.4, 0.5) is 4.39 Å². The molecule has 0 bridgehead atoms. The number of halogens is 3. The predicted octanol–water partition coefficient (Wildman–Crippen LogP) is 3.07. The molecule has 0 radical (unpaired) electrons. The molecule has 0 heterocycles. The summed E-state index contributed by atoms with van der Waals surface area (Å²) >= 11 is 8.53. The first-order valence-corrected chi connectivity index (χ1v) is 5.23. The fourth-order valence-corrected chi connectivity index (χ4v) is 1.47. The smallest absolute Gasteiger partial charge is 0.184 e. The van der Waals surface area contributed by atoms with Crippen molar-refractivity contribution < 1.29 is 13.9 Å². The highest BCUT2D eigenvalue weighted by Crippen LogP contribution is 2.29. The molecule has 0 unspecified atom stereocenters. The van der Waals surface area contributed by atoms with Crippen LogP contribution in [0.25, 0.3) is 0 Å². The molecule has 76 valence electrons. The Kier molecular flexibility index (Phi) is 3.89. The second-order valence-corrected chi connectivity index (χ2v) is 3.47. The molecular formula is C9H7BrClFO2. The zero-order chi connectivity index (χ0) is 10.7. The van der Waals surface area contributed by atoms with Gasteiger partial charge >= 0.3 is 0 Å². The van der Waals surface area contributed by atoms with Crippen molar-refractivity contribution in [3.63, 3.8) is 0 Å². The maximum absolute atomic E-state index is 13.3.